The van der Waals surface area contributed by atoms with Gasteiger partial charge in [-0.15, -0.1) is 0 Å². The molecule has 1 atom stereocenters. The topological polar surface area (TPSA) is 24.9 Å². The van der Waals surface area contributed by atoms with Crippen LogP contribution in [-0.4, -0.2) is 23.0 Å². The molecule has 1 saturated heterocycles. The van der Waals surface area contributed by atoms with Crippen molar-refractivity contribution >= 4 is 17.4 Å². The summed E-state index contributed by atoms with van der Waals surface area (Å²) in [5.74, 6) is 3.49. The standard InChI is InChI=1S/C11H16N2S/c1-9-4-11(7-12-5-9)13-6-10-2-3-14-8-10/h4-5,7,10,13H,2-3,6,8H2,1H3. The lowest BCUT2D eigenvalue weighted by Crippen LogP contribution is -2.13. The van der Waals surface area contributed by atoms with Crippen LogP contribution in [0.1, 0.15) is 12.0 Å². The predicted molar refractivity (Wildman–Crippen MR) is 62.9 cm³/mol. The SMILES string of the molecule is Cc1cncc(NCC2CCSC2)c1. The Labute approximate surface area is 89.5 Å². The first-order chi connectivity index (χ1) is 6.84. The molecule has 2 heterocycles. The van der Waals surface area contributed by atoms with Crippen molar-refractivity contribution in [2.75, 3.05) is 23.4 Å². The molecule has 1 aromatic heterocycles. The van der Waals surface area contributed by atoms with Gasteiger partial charge in [-0.1, -0.05) is 0 Å². The van der Waals surface area contributed by atoms with Crippen LogP contribution in [0.4, 0.5) is 5.69 Å². The molecule has 14 heavy (non-hydrogen) atoms. The van der Waals surface area contributed by atoms with Crippen molar-refractivity contribution in [2.45, 2.75) is 13.3 Å². The van der Waals surface area contributed by atoms with Crippen molar-refractivity contribution in [3.05, 3.63) is 24.0 Å². The van der Waals surface area contributed by atoms with Gasteiger partial charge in [0.15, 0.2) is 0 Å². The lowest BCUT2D eigenvalue weighted by Gasteiger charge is -2.10. The van der Waals surface area contributed by atoms with Gasteiger partial charge in [0.05, 0.1) is 5.69 Å². The Morgan fingerprint density at radius 3 is 3.21 bits per heavy atom. The normalized spacial score (nSPS) is 21.1. The monoisotopic (exact) mass is 208 g/mol. The smallest absolute Gasteiger partial charge is 0.0529 e. The number of aryl methyl sites for hydroxylation is 1. The highest BCUT2D eigenvalue weighted by atomic mass is 32.2. The second-order valence-electron chi connectivity index (χ2n) is 3.86. The van der Waals surface area contributed by atoms with Crippen LogP contribution in [0, 0.1) is 12.8 Å². The minimum atomic E-state index is 0.848. The van der Waals surface area contributed by atoms with E-state index in [4.69, 9.17) is 0 Å². The summed E-state index contributed by atoms with van der Waals surface area (Å²) < 4.78 is 0. The molecular formula is C11H16N2S. The number of hydrogen-bond donors (Lipinski definition) is 1. The average Bonchev–Trinajstić information content (AvgIpc) is 2.67. The summed E-state index contributed by atoms with van der Waals surface area (Å²) >= 11 is 2.06. The van der Waals surface area contributed by atoms with Gasteiger partial charge in [0.25, 0.3) is 0 Å². The fourth-order valence-electron chi connectivity index (χ4n) is 1.66. The van der Waals surface area contributed by atoms with Crippen molar-refractivity contribution in [1.82, 2.24) is 4.98 Å². The molecule has 0 aromatic carbocycles. The van der Waals surface area contributed by atoms with Crippen LogP contribution in [0.15, 0.2) is 18.5 Å². The van der Waals surface area contributed by atoms with E-state index in [1.54, 1.807) is 0 Å². The molecule has 3 heteroatoms. The average molecular weight is 208 g/mol. The number of rotatable bonds is 3. The third-order valence-electron chi connectivity index (χ3n) is 2.49. The number of nitrogens with zero attached hydrogens (tertiary/aromatic N) is 1. The third-order valence-corrected chi connectivity index (χ3v) is 3.73. The predicted octanol–water partition coefficient (Wildman–Crippen LogP) is 2.56. The molecule has 1 aliphatic heterocycles. The third kappa shape index (κ3) is 2.64. The van der Waals surface area contributed by atoms with Crippen LogP contribution in [0.2, 0.25) is 0 Å². The van der Waals surface area contributed by atoms with Gasteiger partial charge < -0.3 is 5.32 Å². The molecule has 1 fully saturated rings. The second-order valence-corrected chi connectivity index (χ2v) is 5.01. The Kier molecular flexibility index (Phi) is 3.30. The molecule has 1 N–H and O–H groups in total. The fourth-order valence-corrected chi connectivity index (χ4v) is 2.94. The van der Waals surface area contributed by atoms with E-state index in [2.05, 4.69) is 35.1 Å². The zero-order chi connectivity index (χ0) is 9.80. The van der Waals surface area contributed by atoms with Crippen molar-refractivity contribution in [3.8, 4) is 0 Å². The summed E-state index contributed by atoms with van der Waals surface area (Å²) in [6.45, 7) is 3.17. The fraction of sp³-hybridized carbons (Fsp3) is 0.545. The first-order valence-corrected chi connectivity index (χ1v) is 6.23. The molecule has 2 rings (SSSR count). The van der Waals surface area contributed by atoms with Crippen LogP contribution in [0.5, 0.6) is 0 Å². The van der Waals surface area contributed by atoms with E-state index in [0.29, 0.717) is 0 Å². The Balaban J connectivity index is 1.85. The van der Waals surface area contributed by atoms with Gasteiger partial charge in [0, 0.05) is 18.9 Å². The minimum absolute atomic E-state index is 0.848. The highest BCUT2D eigenvalue weighted by Gasteiger charge is 2.14. The molecule has 2 nitrogen and oxygen atoms in total. The van der Waals surface area contributed by atoms with E-state index in [0.717, 1.165) is 18.2 Å². The Morgan fingerprint density at radius 1 is 1.57 bits per heavy atom. The molecule has 0 radical (unpaired) electrons. The maximum atomic E-state index is 4.16. The van der Waals surface area contributed by atoms with Gasteiger partial charge in [-0.05, 0) is 42.4 Å². The number of pyridine rings is 1. The first kappa shape index (κ1) is 9.84. The number of aromatic nitrogens is 1. The second kappa shape index (κ2) is 4.69. The van der Waals surface area contributed by atoms with Gasteiger partial charge in [-0.2, -0.15) is 11.8 Å². The molecule has 1 aromatic rings. The summed E-state index contributed by atoms with van der Waals surface area (Å²) in [4.78, 5) is 4.16. The van der Waals surface area contributed by atoms with E-state index in [1.165, 1.54) is 23.5 Å². The van der Waals surface area contributed by atoms with Crippen molar-refractivity contribution in [3.63, 3.8) is 0 Å². The van der Waals surface area contributed by atoms with E-state index >= 15 is 0 Å². The molecule has 0 bridgehead atoms. The van der Waals surface area contributed by atoms with Gasteiger partial charge in [-0.25, -0.2) is 0 Å². The van der Waals surface area contributed by atoms with Gasteiger partial charge in [-0.3, -0.25) is 4.98 Å². The van der Waals surface area contributed by atoms with E-state index in [-0.39, 0.29) is 0 Å². The zero-order valence-corrected chi connectivity index (χ0v) is 9.31. The van der Waals surface area contributed by atoms with Crippen molar-refractivity contribution in [1.29, 1.82) is 0 Å². The summed E-state index contributed by atoms with van der Waals surface area (Å²) in [6, 6.07) is 2.15. The number of anilines is 1. The molecule has 0 saturated carbocycles. The molecule has 0 amide bonds. The van der Waals surface area contributed by atoms with Crippen molar-refractivity contribution < 1.29 is 0 Å². The van der Waals surface area contributed by atoms with Gasteiger partial charge in [0.2, 0.25) is 0 Å². The van der Waals surface area contributed by atoms with Crippen LogP contribution in [-0.2, 0) is 0 Å². The van der Waals surface area contributed by atoms with Crippen LogP contribution < -0.4 is 5.32 Å². The molecule has 0 aliphatic carbocycles. The highest BCUT2D eigenvalue weighted by Crippen LogP contribution is 2.23. The number of hydrogen-bond acceptors (Lipinski definition) is 3. The quantitative estimate of drug-likeness (QED) is 0.826. The van der Waals surface area contributed by atoms with E-state index in [1.807, 2.05) is 12.4 Å². The maximum Gasteiger partial charge on any atom is 0.0529 e. The van der Waals surface area contributed by atoms with Crippen LogP contribution in [0.25, 0.3) is 0 Å². The summed E-state index contributed by atoms with van der Waals surface area (Å²) in [6.07, 6.45) is 5.14. The largest absolute Gasteiger partial charge is 0.383 e. The van der Waals surface area contributed by atoms with Crippen LogP contribution in [0.3, 0.4) is 0 Å². The summed E-state index contributed by atoms with van der Waals surface area (Å²) in [5, 5.41) is 3.45. The maximum absolute atomic E-state index is 4.16. The van der Waals surface area contributed by atoms with Crippen LogP contribution >= 0.6 is 11.8 Å². The molecule has 1 unspecified atom stereocenters. The molecule has 1 aliphatic rings. The zero-order valence-electron chi connectivity index (χ0n) is 8.49. The number of thioether (sulfide) groups is 1. The lowest BCUT2D eigenvalue weighted by molar-refractivity contribution is 0.631. The van der Waals surface area contributed by atoms with E-state index in [9.17, 15) is 0 Å². The van der Waals surface area contributed by atoms with Gasteiger partial charge >= 0.3 is 0 Å². The van der Waals surface area contributed by atoms with Crippen molar-refractivity contribution in [2.24, 2.45) is 5.92 Å². The first-order valence-electron chi connectivity index (χ1n) is 5.08. The Bertz CT molecular complexity index is 295. The molecule has 76 valence electrons. The Morgan fingerprint density at radius 2 is 2.50 bits per heavy atom. The number of nitrogens with one attached hydrogen (secondary N) is 1. The highest BCUT2D eigenvalue weighted by molar-refractivity contribution is 7.99. The van der Waals surface area contributed by atoms with Gasteiger partial charge in [0.1, 0.15) is 0 Å². The Hall–Kier alpha value is -0.700. The summed E-state index contributed by atoms with van der Waals surface area (Å²) in [7, 11) is 0. The van der Waals surface area contributed by atoms with E-state index < -0.39 is 0 Å². The summed E-state index contributed by atoms with van der Waals surface area (Å²) in [5.41, 5.74) is 2.37. The lowest BCUT2D eigenvalue weighted by atomic mass is 10.1. The minimum Gasteiger partial charge on any atom is -0.383 e. The molecular weight excluding hydrogens is 192 g/mol. The molecule has 0 spiro atoms.